The molecular weight excluding hydrogens is 259 g/mol. The van der Waals surface area contributed by atoms with Gasteiger partial charge in [0.1, 0.15) is 0 Å². The summed E-state index contributed by atoms with van der Waals surface area (Å²) in [6.45, 7) is 4.09. The van der Waals surface area contributed by atoms with Crippen molar-refractivity contribution < 1.29 is 4.57 Å². The molecule has 2 atom stereocenters. The number of rotatable bonds is 4. The summed E-state index contributed by atoms with van der Waals surface area (Å²) in [6.07, 6.45) is 10.3. The van der Waals surface area contributed by atoms with E-state index in [1.165, 1.54) is 0 Å². The van der Waals surface area contributed by atoms with E-state index in [1.54, 1.807) is 0 Å². The molecule has 2 unspecified atom stereocenters. The topological polar surface area (TPSA) is 17.1 Å². The largest absolute Gasteiger partial charge is 0.323 e. The van der Waals surface area contributed by atoms with Gasteiger partial charge in [-0.2, -0.15) is 0 Å². The molecule has 80 valence electrons. The Balaban J connectivity index is 2.64. The molecule has 0 amide bonds. The fourth-order valence-electron chi connectivity index (χ4n) is 1.65. The second-order valence-corrected chi connectivity index (χ2v) is 8.38. The maximum absolute atomic E-state index is 12.4. The Bertz CT molecular complexity index is 294. The average molecular weight is 277 g/mol. The lowest BCUT2D eigenvalue weighted by atomic mass is 10.2. The van der Waals surface area contributed by atoms with Crippen molar-refractivity contribution in [2.45, 2.75) is 31.8 Å². The van der Waals surface area contributed by atoms with Crippen molar-refractivity contribution in [1.29, 1.82) is 0 Å². The monoisotopic (exact) mass is 276 g/mol. The van der Waals surface area contributed by atoms with E-state index in [2.05, 4.69) is 35.0 Å². The minimum atomic E-state index is -1.98. The number of hydrogen-bond acceptors (Lipinski definition) is 1. The molecule has 0 spiro atoms. The normalized spacial score (nSPS) is 25.6. The molecule has 0 bridgehead atoms. The lowest BCUT2D eigenvalue weighted by Gasteiger charge is -2.22. The van der Waals surface area contributed by atoms with Gasteiger partial charge in [0.05, 0.1) is 7.14 Å². The van der Waals surface area contributed by atoms with Gasteiger partial charge in [-0.1, -0.05) is 47.5 Å². The van der Waals surface area contributed by atoms with E-state index in [9.17, 15) is 4.57 Å². The van der Waals surface area contributed by atoms with E-state index in [0.29, 0.717) is 0 Å². The van der Waals surface area contributed by atoms with Crippen LogP contribution < -0.4 is 0 Å². The summed E-state index contributed by atoms with van der Waals surface area (Å²) in [4.78, 5) is 0. The number of unbranched alkanes of at least 4 members (excludes halogenated alkanes) is 1. The highest BCUT2D eigenvalue weighted by molar-refractivity contribution is 9.11. The Morgan fingerprint density at radius 1 is 1.64 bits per heavy atom. The molecule has 0 saturated heterocycles. The quantitative estimate of drug-likeness (QED) is 0.696. The Hall–Kier alpha value is 0.190. The standard InChI is InChI=1S/C11H18BrOP/c1-3-4-8-14(2,13)11-7-5-6-10(12)9-11/h5-6,9,11H,3-4,7-8H2,1-2H3. The number of hydrogen-bond donors (Lipinski definition) is 0. The van der Waals surface area contributed by atoms with Crippen LogP contribution in [0.4, 0.5) is 0 Å². The van der Waals surface area contributed by atoms with Crippen LogP contribution in [0.25, 0.3) is 0 Å². The zero-order valence-corrected chi connectivity index (χ0v) is 11.4. The third kappa shape index (κ3) is 3.40. The molecule has 1 nitrogen and oxygen atoms in total. The first-order chi connectivity index (χ1) is 6.56. The van der Waals surface area contributed by atoms with Crippen molar-refractivity contribution in [2.75, 3.05) is 12.8 Å². The maximum Gasteiger partial charge on any atom is 0.0916 e. The molecule has 1 rings (SSSR count). The highest BCUT2D eigenvalue weighted by atomic mass is 79.9. The molecule has 0 heterocycles. The first-order valence-corrected chi connectivity index (χ1v) is 8.36. The van der Waals surface area contributed by atoms with Gasteiger partial charge in [0, 0.05) is 16.3 Å². The van der Waals surface area contributed by atoms with Crippen molar-refractivity contribution in [1.82, 2.24) is 0 Å². The van der Waals surface area contributed by atoms with Crippen molar-refractivity contribution in [3.05, 3.63) is 22.7 Å². The van der Waals surface area contributed by atoms with Crippen LogP contribution in [0.15, 0.2) is 22.7 Å². The molecule has 0 aliphatic heterocycles. The molecule has 1 aliphatic rings. The van der Waals surface area contributed by atoms with Gasteiger partial charge in [0.15, 0.2) is 0 Å². The van der Waals surface area contributed by atoms with Gasteiger partial charge < -0.3 is 4.57 Å². The van der Waals surface area contributed by atoms with Gasteiger partial charge in [0.2, 0.25) is 0 Å². The Labute approximate surface area is 95.2 Å². The summed E-state index contributed by atoms with van der Waals surface area (Å²) in [5.41, 5.74) is 0.258. The van der Waals surface area contributed by atoms with Crippen molar-refractivity contribution >= 4 is 23.1 Å². The predicted octanol–water partition coefficient (Wildman–Crippen LogP) is 4.39. The van der Waals surface area contributed by atoms with Gasteiger partial charge in [-0.25, -0.2) is 0 Å². The summed E-state index contributed by atoms with van der Waals surface area (Å²) < 4.78 is 13.5. The van der Waals surface area contributed by atoms with Crippen molar-refractivity contribution in [3.8, 4) is 0 Å². The molecule has 0 aromatic carbocycles. The number of allylic oxidation sites excluding steroid dienone is 4. The molecule has 14 heavy (non-hydrogen) atoms. The lowest BCUT2D eigenvalue weighted by molar-refractivity contribution is 0.570. The molecule has 1 aliphatic carbocycles. The fourth-order valence-corrected chi connectivity index (χ4v) is 4.68. The molecule has 0 aromatic rings. The van der Waals surface area contributed by atoms with Gasteiger partial charge in [-0.3, -0.25) is 0 Å². The minimum Gasteiger partial charge on any atom is -0.323 e. The molecule has 0 saturated carbocycles. The Kier molecular flexibility index (Phi) is 4.66. The third-order valence-corrected chi connectivity index (χ3v) is 6.16. The Morgan fingerprint density at radius 2 is 2.36 bits per heavy atom. The molecule has 0 aromatic heterocycles. The third-order valence-electron chi connectivity index (χ3n) is 2.66. The average Bonchev–Trinajstić information content (AvgIpc) is 2.15. The molecule has 0 radical (unpaired) electrons. The van der Waals surface area contributed by atoms with E-state index in [1.807, 2.05) is 12.7 Å². The van der Waals surface area contributed by atoms with Gasteiger partial charge in [-0.15, -0.1) is 0 Å². The van der Waals surface area contributed by atoms with Crippen LogP contribution in [-0.2, 0) is 4.57 Å². The van der Waals surface area contributed by atoms with Crippen LogP contribution in [0.2, 0.25) is 0 Å². The summed E-state index contributed by atoms with van der Waals surface area (Å²) in [5, 5.41) is 0. The van der Waals surface area contributed by atoms with Crippen LogP contribution >= 0.6 is 23.1 Å². The van der Waals surface area contributed by atoms with Gasteiger partial charge >= 0.3 is 0 Å². The summed E-state index contributed by atoms with van der Waals surface area (Å²) in [5.74, 6) is 0. The SMILES string of the molecule is CCCCP(C)(=O)C1C=C(Br)C=CC1. The van der Waals surface area contributed by atoms with Crippen LogP contribution in [-0.4, -0.2) is 18.5 Å². The lowest BCUT2D eigenvalue weighted by Crippen LogP contribution is -2.09. The first-order valence-electron chi connectivity index (χ1n) is 5.16. The zero-order chi connectivity index (χ0) is 10.6. The number of halogens is 1. The zero-order valence-electron chi connectivity index (χ0n) is 8.87. The van der Waals surface area contributed by atoms with Crippen LogP contribution in [0, 0.1) is 0 Å². The van der Waals surface area contributed by atoms with Crippen LogP contribution in [0.5, 0.6) is 0 Å². The van der Waals surface area contributed by atoms with Crippen LogP contribution in [0.1, 0.15) is 26.2 Å². The molecule has 0 N–H and O–H groups in total. The minimum absolute atomic E-state index is 0.258. The Morgan fingerprint density at radius 3 is 2.93 bits per heavy atom. The maximum atomic E-state index is 12.4. The van der Waals surface area contributed by atoms with E-state index in [-0.39, 0.29) is 5.66 Å². The first kappa shape index (κ1) is 12.3. The molecule has 3 heteroatoms. The second-order valence-electron chi connectivity index (χ2n) is 4.01. The van der Waals surface area contributed by atoms with Gasteiger partial charge in [0.25, 0.3) is 0 Å². The van der Waals surface area contributed by atoms with E-state index in [0.717, 1.165) is 29.9 Å². The summed E-state index contributed by atoms with van der Waals surface area (Å²) in [7, 11) is -1.98. The highest BCUT2D eigenvalue weighted by Crippen LogP contribution is 2.51. The summed E-state index contributed by atoms with van der Waals surface area (Å²) in [6, 6.07) is 0. The van der Waals surface area contributed by atoms with E-state index < -0.39 is 7.14 Å². The van der Waals surface area contributed by atoms with E-state index >= 15 is 0 Å². The van der Waals surface area contributed by atoms with Crippen molar-refractivity contribution in [3.63, 3.8) is 0 Å². The second kappa shape index (κ2) is 5.32. The predicted molar refractivity (Wildman–Crippen MR) is 67.9 cm³/mol. The van der Waals surface area contributed by atoms with E-state index in [4.69, 9.17) is 0 Å². The molecule has 0 fully saturated rings. The van der Waals surface area contributed by atoms with Crippen molar-refractivity contribution in [2.24, 2.45) is 0 Å². The van der Waals surface area contributed by atoms with Gasteiger partial charge in [-0.05, 0) is 19.5 Å². The fraction of sp³-hybridized carbons (Fsp3) is 0.636. The molecular formula is C11H18BrOP. The van der Waals surface area contributed by atoms with Crippen LogP contribution in [0.3, 0.4) is 0 Å². The smallest absolute Gasteiger partial charge is 0.0916 e. The highest BCUT2D eigenvalue weighted by Gasteiger charge is 2.25. The summed E-state index contributed by atoms with van der Waals surface area (Å²) >= 11 is 3.44.